The van der Waals surface area contributed by atoms with E-state index in [9.17, 15) is 9.59 Å². The number of rotatable bonds is 9. The summed E-state index contributed by atoms with van der Waals surface area (Å²) in [6.07, 6.45) is 0. The number of anilines is 1. The van der Waals surface area contributed by atoms with Crippen LogP contribution in [0.2, 0.25) is 5.15 Å². The SMILES string of the molecule is CC(C)CN(CC(C)C)C(=O)COC(=O)CN(C)c1ccc(Cl)nn1. The number of aromatic nitrogens is 2. The lowest BCUT2D eigenvalue weighted by Crippen LogP contribution is -2.40. The summed E-state index contributed by atoms with van der Waals surface area (Å²) in [5, 5.41) is 7.88. The lowest BCUT2D eigenvalue weighted by atomic mass is 10.1. The van der Waals surface area contributed by atoms with Gasteiger partial charge in [-0.25, -0.2) is 0 Å². The van der Waals surface area contributed by atoms with Crippen molar-refractivity contribution in [3.05, 3.63) is 17.3 Å². The van der Waals surface area contributed by atoms with Crippen molar-refractivity contribution in [3.63, 3.8) is 0 Å². The molecule has 0 bridgehead atoms. The van der Waals surface area contributed by atoms with Crippen molar-refractivity contribution < 1.29 is 14.3 Å². The monoisotopic (exact) mass is 370 g/mol. The third-order valence-corrected chi connectivity index (χ3v) is 3.46. The number of amides is 1. The lowest BCUT2D eigenvalue weighted by molar-refractivity contribution is -0.151. The lowest BCUT2D eigenvalue weighted by Gasteiger charge is -2.26. The Balaban J connectivity index is 2.50. The van der Waals surface area contributed by atoms with E-state index in [4.69, 9.17) is 16.3 Å². The number of nitrogens with zero attached hydrogens (tertiary/aromatic N) is 4. The molecule has 0 saturated carbocycles. The van der Waals surface area contributed by atoms with E-state index >= 15 is 0 Å². The average molecular weight is 371 g/mol. The number of likely N-dealkylation sites (N-methyl/N-ethyl adjacent to an activating group) is 1. The van der Waals surface area contributed by atoms with Crippen molar-refractivity contribution in [2.24, 2.45) is 11.8 Å². The number of esters is 1. The molecule has 1 amide bonds. The zero-order valence-corrected chi connectivity index (χ0v) is 16.3. The molecular formula is C17H27ClN4O3. The van der Waals surface area contributed by atoms with Crippen molar-refractivity contribution in [1.29, 1.82) is 0 Å². The number of carbonyl (C=O) groups excluding carboxylic acids is 2. The van der Waals surface area contributed by atoms with Crippen LogP contribution >= 0.6 is 11.6 Å². The average Bonchev–Trinajstić information content (AvgIpc) is 2.51. The van der Waals surface area contributed by atoms with E-state index in [1.165, 1.54) is 0 Å². The molecule has 0 N–H and O–H groups in total. The third-order valence-electron chi connectivity index (χ3n) is 3.26. The maximum absolute atomic E-state index is 12.3. The van der Waals surface area contributed by atoms with Crippen LogP contribution in [0, 0.1) is 11.8 Å². The molecule has 0 aromatic carbocycles. The van der Waals surface area contributed by atoms with E-state index in [2.05, 4.69) is 37.9 Å². The van der Waals surface area contributed by atoms with E-state index in [0.29, 0.717) is 30.7 Å². The highest BCUT2D eigenvalue weighted by Crippen LogP contribution is 2.10. The minimum Gasteiger partial charge on any atom is -0.454 e. The fraction of sp³-hybridized carbons (Fsp3) is 0.647. The predicted molar refractivity (Wildman–Crippen MR) is 97.5 cm³/mol. The van der Waals surface area contributed by atoms with Crippen LogP contribution in [-0.4, -0.2) is 60.3 Å². The van der Waals surface area contributed by atoms with Crippen molar-refractivity contribution >= 4 is 29.3 Å². The number of hydrogen-bond acceptors (Lipinski definition) is 6. The Morgan fingerprint density at radius 3 is 2.20 bits per heavy atom. The standard InChI is InChI=1S/C17H27ClN4O3/c1-12(2)8-22(9-13(3)4)16(23)11-25-17(24)10-21(5)15-7-6-14(18)19-20-15/h6-7,12-13H,8-11H2,1-5H3. The first-order valence-electron chi connectivity index (χ1n) is 8.32. The zero-order valence-electron chi connectivity index (χ0n) is 15.5. The van der Waals surface area contributed by atoms with Crippen LogP contribution in [0.15, 0.2) is 12.1 Å². The topological polar surface area (TPSA) is 75.6 Å². The smallest absolute Gasteiger partial charge is 0.326 e. The van der Waals surface area contributed by atoms with Crippen molar-refractivity contribution in [3.8, 4) is 0 Å². The van der Waals surface area contributed by atoms with Gasteiger partial charge in [-0.1, -0.05) is 39.3 Å². The van der Waals surface area contributed by atoms with Gasteiger partial charge in [0.2, 0.25) is 0 Å². The van der Waals surface area contributed by atoms with Gasteiger partial charge in [-0.15, -0.1) is 10.2 Å². The molecule has 1 heterocycles. The van der Waals surface area contributed by atoms with Gasteiger partial charge in [0.25, 0.3) is 5.91 Å². The number of carbonyl (C=O) groups is 2. The molecule has 0 saturated heterocycles. The summed E-state index contributed by atoms with van der Waals surface area (Å²) in [7, 11) is 1.69. The summed E-state index contributed by atoms with van der Waals surface area (Å²) < 4.78 is 5.12. The molecule has 0 radical (unpaired) electrons. The van der Waals surface area contributed by atoms with E-state index in [-0.39, 0.29) is 24.2 Å². The van der Waals surface area contributed by atoms with Gasteiger partial charge in [0.1, 0.15) is 6.54 Å². The first kappa shape index (κ1) is 21.2. The fourth-order valence-electron chi connectivity index (χ4n) is 2.23. The third kappa shape index (κ3) is 8.16. The van der Waals surface area contributed by atoms with Gasteiger partial charge in [0, 0.05) is 20.1 Å². The summed E-state index contributed by atoms with van der Waals surface area (Å²) in [6.45, 7) is 9.22. The van der Waals surface area contributed by atoms with Gasteiger partial charge >= 0.3 is 5.97 Å². The molecule has 0 aliphatic carbocycles. The highest BCUT2D eigenvalue weighted by molar-refractivity contribution is 6.29. The van der Waals surface area contributed by atoms with E-state index in [1.54, 1.807) is 29.0 Å². The molecular weight excluding hydrogens is 344 g/mol. The molecule has 0 atom stereocenters. The van der Waals surface area contributed by atoms with E-state index in [0.717, 1.165) is 0 Å². The minimum atomic E-state index is -0.498. The maximum atomic E-state index is 12.3. The molecule has 0 aliphatic heterocycles. The zero-order chi connectivity index (χ0) is 19.0. The first-order valence-corrected chi connectivity index (χ1v) is 8.70. The minimum absolute atomic E-state index is 0.0298. The molecule has 0 spiro atoms. The van der Waals surface area contributed by atoms with Crippen LogP contribution in [0.25, 0.3) is 0 Å². The second kappa shape index (κ2) is 10.2. The Hall–Kier alpha value is -1.89. The maximum Gasteiger partial charge on any atom is 0.326 e. The molecule has 25 heavy (non-hydrogen) atoms. The highest BCUT2D eigenvalue weighted by Gasteiger charge is 2.18. The summed E-state index contributed by atoms with van der Waals surface area (Å²) in [6, 6.07) is 3.24. The molecule has 0 aliphatic rings. The summed E-state index contributed by atoms with van der Waals surface area (Å²) in [4.78, 5) is 27.6. The van der Waals surface area contributed by atoms with Gasteiger partial charge in [0.15, 0.2) is 17.6 Å². The Morgan fingerprint density at radius 2 is 1.72 bits per heavy atom. The second-order valence-corrected chi connectivity index (χ2v) is 7.20. The normalized spacial score (nSPS) is 10.9. The van der Waals surface area contributed by atoms with Crippen molar-refractivity contribution in [1.82, 2.24) is 15.1 Å². The molecule has 1 aromatic heterocycles. The van der Waals surface area contributed by atoms with E-state index < -0.39 is 5.97 Å². The van der Waals surface area contributed by atoms with E-state index in [1.807, 2.05) is 0 Å². The Bertz CT molecular complexity index is 554. The number of ether oxygens (including phenoxy) is 1. The molecule has 140 valence electrons. The van der Waals surface area contributed by atoms with Crippen molar-refractivity contribution in [2.45, 2.75) is 27.7 Å². The molecule has 0 fully saturated rings. The van der Waals surface area contributed by atoms with Crippen LogP contribution in [-0.2, 0) is 14.3 Å². The Kier molecular flexibility index (Phi) is 8.61. The molecule has 1 aromatic rings. The van der Waals surface area contributed by atoms with Crippen LogP contribution < -0.4 is 4.90 Å². The molecule has 0 unspecified atom stereocenters. The molecule has 1 rings (SSSR count). The van der Waals surface area contributed by atoms with Crippen molar-refractivity contribution in [2.75, 3.05) is 38.2 Å². The fourth-order valence-corrected chi connectivity index (χ4v) is 2.33. The summed E-state index contributed by atoms with van der Waals surface area (Å²) in [5.74, 6) is 0.529. The van der Waals surface area contributed by atoms with Gasteiger partial charge in [0.05, 0.1) is 0 Å². The van der Waals surface area contributed by atoms with Crippen LogP contribution in [0.5, 0.6) is 0 Å². The van der Waals surface area contributed by atoms with Gasteiger partial charge in [-0.3, -0.25) is 9.59 Å². The van der Waals surface area contributed by atoms with Gasteiger partial charge < -0.3 is 14.5 Å². The molecule has 8 heteroatoms. The number of hydrogen-bond donors (Lipinski definition) is 0. The van der Waals surface area contributed by atoms with Crippen LogP contribution in [0.4, 0.5) is 5.82 Å². The largest absolute Gasteiger partial charge is 0.454 e. The molecule has 7 nitrogen and oxygen atoms in total. The van der Waals surface area contributed by atoms with Gasteiger partial charge in [-0.05, 0) is 24.0 Å². The quantitative estimate of drug-likeness (QED) is 0.620. The highest BCUT2D eigenvalue weighted by atomic mass is 35.5. The van der Waals surface area contributed by atoms with Gasteiger partial charge in [-0.2, -0.15) is 0 Å². The summed E-state index contributed by atoms with van der Waals surface area (Å²) in [5.41, 5.74) is 0. The van der Waals surface area contributed by atoms with Crippen LogP contribution in [0.1, 0.15) is 27.7 Å². The van der Waals surface area contributed by atoms with Crippen LogP contribution in [0.3, 0.4) is 0 Å². The summed E-state index contributed by atoms with van der Waals surface area (Å²) >= 11 is 5.68. The first-order chi connectivity index (χ1) is 11.7. The Labute approximate surface area is 154 Å². The Morgan fingerprint density at radius 1 is 1.12 bits per heavy atom. The second-order valence-electron chi connectivity index (χ2n) is 6.82. The predicted octanol–water partition coefficient (Wildman–Crippen LogP) is 2.25. The number of halogens is 1.